The van der Waals surface area contributed by atoms with Gasteiger partial charge in [-0.2, -0.15) is 0 Å². The molecule has 4 aliphatic rings. The highest BCUT2D eigenvalue weighted by Crippen LogP contribution is 2.54. The SMILES string of the molecule is O=C(O)C1CC(Cc2ccccc2)CCC12C(=O)N2CCCN1C(=O)C12CCC(Cc1ccccc1)CC2C(=O)O. The van der Waals surface area contributed by atoms with Crippen molar-refractivity contribution in [2.45, 2.75) is 68.9 Å². The van der Waals surface area contributed by atoms with Crippen LogP contribution >= 0.6 is 0 Å². The number of benzene rings is 2. The Hall–Kier alpha value is -3.68. The first-order valence-electron chi connectivity index (χ1n) is 14.9. The van der Waals surface area contributed by atoms with Crippen LogP contribution in [0.3, 0.4) is 0 Å². The van der Waals surface area contributed by atoms with E-state index in [-0.39, 0.29) is 23.7 Å². The molecule has 41 heavy (non-hydrogen) atoms. The number of hydrogen-bond acceptors (Lipinski definition) is 4. The molecule has 6 unspecified atom stereocenters. The van der Waals surface area contributed by atoms with E-state index >= 15 is 0 Å². The van der Waals surface area contributed by atoms with Crippen LogP contribution in [0.4, 0.5) is 0 Å². The highest BCUT2D eigenvalue weighted by atomic mass is 16.4. The summed E-state index contributed by atoms with van der Waals surface area (Å²) < 4.78 is 0. The molecular weight excluding hydrogens is 520 g/mol. The molecule has 2 saturated carbocycles. The van der Waals surface area contributed by atoms with Crippen molar-refractivity contribution >= 4 is 23.8 Å². The Morgan fingerprint density at radius 3 is 1.44 bits per heavy atom. The van der Waals surface area contributed by atoms with Crippen LogP contribution in [-0.2, 0) is 32.0 Å². The van der Waals surface area contributed by atoms with E-state index < -0.39 is 34.9 Å². The monoisotopic (exact) mass is 558 g/mol. The second-order valence-electron chi connectivity index (χ2n) is 12.6. The van der Waals surface area contributed by atoms with E-state index in [0.717, 1.165) is 25.7 Å². The molecule has 2 aromatic rings. The molecule has 6 rings (SSSR count). The molecule has 2 aromatic carbocycles. The number of carbonyl (C=O) groups is 4. The molecule has 0 bridgehead atoms. The first-order chi connectivity index (χ1) is 19.8. The Bertz CT molecular complexity index is 1230. The maximum absolute atomic E-state index is 13.1. The molecule has 4 fully saturated rings. The Morgan fingerprint density at radius 2 is 1.07 bits per heavy atom. The lowest BCUT2D eigenvalue weighted by molar-refractivity contribution is -0.146. The number of aliphatic carboxylic acids is 2. The molecule has 2 N–H and O–H groups in total. The molecule has 2 saturated heterocycles. The van der Waals surface area contributed by atoms with Crippen LogP contribution in [0.15, 0.2) is 60.7 Å². The summed E-state index contributed by atoms with van der Waals surface area (Å²) in [4.78, 5) is 54.1. The van der Waals surface area contributed by atoms with Gasteiger partial charge < -0.3 is 20.0 Å². The number of nitrogens with zero attached hydrogens (tertiary/aromatic N) is 2. The third kappa shape index (κ3) is 4.81. The lowest BCUT2D eigenvalue weighted by atomic mass is 9.71. The van der Waals surface area contributed by atoms with Gasteiger partial charge in [0.1, 0.15) is 11.1 Å². The molecule has 0 radical (unpaired) electrons. The first kappa shape index (κ1) is 27.5. The van der Waals surface area contributed by atoms with Gasteiger partial charge in [0.2, 0.25) is 11.8 Å². The van der Waals surface area contributed by atoms with Gasteiger partial charge in [0.05, 0.1) is 11.8 Å². The van der Waals surface area contributed by atoms with Crippen molar-refractivity contribution in [2.75, 3.05) is 13.1 Å². The van der Waals surface area contributed by atoms with Crippen LogP contribution in [-0.4, -0.2) is 67.9 Å². The Morgan fingerprint density at radius 1 is 0.683 bits per heavy atom. The number of carbonyl (C=O) groups excluding carboxylic acids is 2. The molecule has 2 spiro atoms. The molecule has 0 aromatic heterocycles. The summed E-state index contributed by atoms with van der Waals surface area (Å²) in [6.45, 7) is 0.778. The molecule has 216 valence electrons. The van der Waals surface area contributed by atoms with Gasteiger partial charge in [-0.3, -0.25) is 19.2 Å². The van der Waals surface area contributed by atoms with Crippen LogP contribution in [0.1, 0.15) is 56.1 Å². The average Bonchev–Trinajstić information content (AvgIpc) is 3.75. The highest BCUT2D eigenvalue weighted by molar-refractivity contribution is 6.06. The topological polar surface area (TPSA) is 115 Å². The second-order valence-corrected chi connectivity index (χ2v) is 12.6. The summed E-state index contributed by atoms with van der Waals surface area (Å²) in [6, 6.07) is 20.1. The van der Waals surface area contributed by atoms with Gasteiger partial charge in [-0.25, -0.2) is 0 Å². The molecule has 6 atom stereocenters. The van der Waals surface area contributed by atoms with Crippen LogP contribution in [0.2, 0.25) is 0 Å². The maximum atomic E-state index is 13.1. The van der Waals surface area contributed by atoms with Crippen molar-refractivity contribution in [3.8, 4) is 0 Å². The van der Waals surface area contributed by atoms with Gasteiger partial charge in [0.15, 0.2) is 0 Å². The van der Waals surface area contributed by atoms with E-state index in [0.29, 0.717) is 45.2 Å². The zero-order chi connectivity index (χ0) is 28.8. The summed E-state index contributed by atoms with van der Waals surface area (Å²) in [7, 11) is 0. The summed E-state index contributed by atoms with van der Waals surface area (Å²) in [6.07, 6.45) is 5.78. The maximum Gasteiger partial charge on any atom is 0.309 e. The fourth-order valence-electron chi connectivity index (χ4n) is 8.16. The van der Waals surface area contributed by atoms with Crippen molar-refractivity contribution in [1.82, 2.24) is 9.80 Å². The van der Waals surface area contributed by atoms with E-state index in [9.17, 15) is 29.4 Å². The smallest absolute Gasteiger partial charge is 0.309 e. The molecule has 8 nitrogen and oxygen atoms in total. The number of amides is 2. The van der Waals surface area contributed by atoms with Gasteiger partial charge in [0.25, 0.3) is 0 Å². The standard InChI is InChI=1S/C33H38N2O6/c36-28(37)26-20-24(18-22-8-3-1-4-9-22)12-14-32(26)30(40)34(32)16-7-17-35-31(41)33(35)15-13-25(21-27(33)29(38)39)19-23-10-5-2-6-11-23/h1-6,8-11,24-27H,7,12-21H2,(H,36,37)(H,38,39). The summed E-state index contributed by atoms with van der Waals surface area (Å²) in [5.41, 5.74) is 0.502. The van der Waals surface area contributed by atoms with Gasteiger partial charge >= 0.3 is 11.9 Å². The van der Waals surface area contributed by atoms with Crippen LogP contribution in [0.25, 0.3) is 0 Å². The van der Waals surface area contributed by atoms with Crippen molar-refractivity contribution < 1.29 is 29.4 Å². The Labute approximate surface area is 240 Å². The number of rotatable bonds is 10. The van der Waals surface area contributed by atoms with Gasteiger partial charge in [-0.15, -0.1) is 0 Å². The van der Waals surface area contributed by atoms with E-state index in [1.165, 1.54) is 11.1 Å². The number of hydrogen-bond donors (Lipinski definition) is 2. The second kappa shape index (κ2) is 10.6. The Balaban J connectivity index is 1.05. The third-order valence-electron chi connectivity index (χ3n) is 10.3. The predicted octanol–water partition coefficient (Wildman–Crippen LogP) is 4.03. The number of carboxylic acid groups (broad SMARTS) is 2. The normalized spacial score (nSPS) is 32.4. The quantitative estimate of drug-likeness (QED) is 0.426. The fraction of sp³-hybridized carbons (Fsp3) is 0.515. The van der Waals surface area contributed by atoms with Crippen molar-refractivity contribution in [3.63, 3.8) is 0 Å². The van der Waals surface area contributed by atoms with Crippen LogP contribution in [0.5, 0.6) is 0 Å². The molecule has 8 heteroatoms. The van der Waals surface area contributed by atoms with Crippen molar-refractivity contribution in [3.05, 3.63) is 71.8 Å². The fourth-order valence-corrected chi connectivity index (χ4v) is 8.16. The molecule has 2 aliphatic heterocycles. The third-order valence-corrected chi connectivity index (χ3v) is 10.3. The minimum Gasteiger partial charge on any atom is -0.481 e. The van der Waals surface area contributed by atoms with Crippen molar-refractivity contribution in [1.29, 1.82) is 0 Å². The first-order valence-corrected chi connectivity index (χ1v) is 14.9. The molecule has 2 aliphatic carbocycles. The van der Waals surface area contributed by atoms with Gasteiger partial charge in [0, 0.05) is 13.1 Å². The van der Waals surface area contributed by atoms with Gasteiger partial charge in [-0.1, -0.05) is 60.7 Å². The lowest BCUT2D eigenvalue weighted by Crippen LogP contribution is -2.42. The summed E-state index contributed by atoms with van der Waals surface area (Å²) in [5, 5.41) is 20.1. The molecular formula is C33H38N2O6. The highest BCUT2D eigenvalue weighted by Gasteiger charge is 2.71. The molecule has 2 heterocycles. The summed E-state index contributed by atoms with van der Waals surface area (Å²) in [5.74, 6) is -3.06. The summed E-state index contributed by atoms with van der Waals surface area (Å²) >= 11 is 0. The lowest BCUT2D eigenvalue weighted by Gasteiger charge is -2.34. The van der Waals surface area contributed by atoms with Crippen LogP contribution in [0, 0.1) is 23.7 Å². The average molecular weight is 559 g/mol. The van der Waals surface area contributed by atoms with E-state index in [2.05, 4.69) is 24.3 Å². The van der Waals surface area contributed by atoms with Crippen molar-refractivity contribution in [2.24, 2.45) is 23.7 Å². The zero-order valence-electron chi connectivity index (χ0n) is 23.3. The largest absolute Gasteiger partial charge is 0.481 e. The molecule has 2 amide bonds. The minimum atomic E-state index is -0.932. The van der Waals surface area contributed by atoms with E-state index in [4.69, 9.17) is 0 Å². The zero-order valence-corrected chi connectivity index (χ0v) is 23.3. The Kier molecular flexibility index (Phi) is 7.12. The number of carboxylic acids is 2. The van der Waals surface area contributed by atoms with E-state index in [1.807, 2.05) is 36.4 Å². The van der Waals surface area contributed by atoms with E-state index in [1.54, 1.807) is 9.80 Å². The van der Waals surface area contributed by atoms with Gasteiger partial charge in [-0.05, 0) is 80.8 Å². The van der Waals surface area contributed by atoms with Crippen LogP contribution < -0.4 is 0 Å². The minimum absolute atomic E-state index is 0.0975. The predicted molar refractivity (Wildman–Crippen MR) is 151 cm³/mol.